The molecular formula is C13H22N2. The number of hydrogen-bond acceptors (Lipinski definition) is 2. The van der Waals surface area contributed by atoms with Gasteiger partial charge in [0.25, 0.3) is 0 Å². The van der Waals surface area contributed by atoms with E-state index in [1.165, 1.54) is 11.1 Å². The van der Waals surface area contributed by atoms with Gasteiger partial charge in [0.1, 0.15) is 0 Å². The van der Waals surface area contributed by atoms with E-state index in [1.807, 2.05) is 18.2 Å². The maximum absolute atomic E-state index is 5.93. The fraction of sp³-hybridized carbons (Fsp3) is 0.385. The Kier molecular flexibility index (Phi) is 3.92. The third-order valence-corrected chi connectivity index (χ3v) is 2.72. The molecule has 15 heavy (non-hydrogen) atoms. The monoisotopic (exact) mass is 206 g/mol. The molecule has 0 saturated heterocycles. The number of para-hydroxylation sites is 1. The molecule has 1 aliphatic rings. The summed E-state index contributed by atoms with van der Waals surface area (Å²) in [7, 11) is 2.14. The van der Waals surface area contributed by atoms with Crippen LogP contribution in [0.2, 0.25) is 0 Å². The fourth-order valence-corrected chi connectivity index (χ4v) is 1.80. The van der Waals surface area contributed by atoms with E-state index < -0.39 is 0 Å². The standard InChI is InChI=1S/C12H16N2.CH4.H2/c1-14-8-6-10(7-9-14)11-4-2-3-5-12(11)13;;/h2-6H,7-9,13H2,1H3;1H4;1H. The van der Waals surface area contributed by atoms with Crippen molar-refractivity contribution in [2.75, 3.05) is 25.9 Å². The molecule has 0 radical (unpaired) electrons. The maximum atomic E-state index is 5.93. The molecule has 2 rings (SSSR count). The van der Waals surface area contributed by atoms with Crippen LogP contribution in [-0.2, 0) is 0 Å². The Labute approximate surface area is 93.9 Å². The highest BCUT2D eigenvalue weighted by Gasteiger charge is 2.10. The van der Waals surface area contributed by atoms with Crippen LogP contribution in [0.3, 0.4) is 0 Å². The summed E-state index contributed by atoms with van der Waals surface area (Å²) in [5.41, 5.74) is 9.42. The predicted octanol–water partition coefficient (Wildman–Crippen LogP) is 2.87. The molecule has 84 valence electrons. The Hall–Kier alpha value is -1.28. The molecule has 1 aromatic carbocycles. The van der Waals surface area contributed by atoms with Crippen LogP contribution in [-0.4, -0.2) is 25.0 Å². The van der Waals surface area contributed by atoms with Crippen molar-refractivity contribution in [3.63, 3.8) is 0 Å². The Balaban J connectivity index is 0.00000112. The van der Waals surface area contributed by atoms with E-state index in [1.54, 1.807) is 0 Å². The smallest absolute Gasteiger partial charge is 0.0390 e. The van der Waals surface area contributed by atoms with E-state index in [9.17, 15) is 0 Å². The first-order valence-corrected chi connectivity index (χ1v) is 5.00. The van der Waals surface area contributed by atoms with Gasteiger partial charge in [-0.05, 0) is 25.1 Å². The summed E-state index contributed by atoms with van der Waals surface area (Å²) in [6.45, 7) is 2.16. The van der Waals surface area contributed by atoms with E-state index in [0.29, 0.717) is 0 Å². The molecule has 2 nitrogen and oxygen atoms in total. The quantitative estimate of drug-likeness (QED) is 0.716. The lowest BCUT2D eigenvalue weighted by molar-refractivity contribution is 0.370. The Morgan fingerprint density at radius 3 is 2.67 bits per heavy atom. The molecule has 1 heterocycles. The average Bonchev–Trinajstić information content (AvgIpc) is 2.20. The van der Waals surface area contributed by atoms with Crippen LogP contribution in [0, 0.1) is 0 Å². The van der Waals surface area contributed by atoms with Gasteiger partial charge >= 0.3 is 0 Å². The van der Waals surface area contributed by atoms with Crippen molar-refractivity contribution in [3.05, 3.63) is 35.9 Å². The summed E-state index contributed by atoms with van der Waals surface area (Å²) >= 11 is 0. The zero-order valence-corrected chi connectivity index (χ0v) is 8.53. The molecule has 0 aromatic heterocycles. The number of anilines is 1. The summed E-state index contributed by atoms with van der Waals surface area (Å²) < 4.78 is 0. The first-order chi connectivity index (χ1) is 6.77. The van der Waals surface area contributed by atoms with Gasteiger partial charge in [-0.2, -0.15) is 0 Å². The molecule has 1 aliphatic heterocycles. The molecule has 0 aliphatic carbocycles. The zero-order valence-electron chi connectivity index (χ0n) is 8.53. The van der Waals surface area contributed by atoms with Crippen LogP contribution in [0.4, 0.5) is 5.69 Å². The molecule has 0 spiro atoms. The summed E-state index contributed by atoms with van der Waals surface area (Å²) in [6.07, 6.45) is 3.37. The Morgan fingerprint density at radius 2 is 2.07 bits per heavy atom. The van der Waals surface area contributed by atoms with Crippen LogP contribution in [0.25, 0.3) is 5.57 Å². The normalized spacial score (nSPS) is 16.7. The summed E-state index contributed by atoms with van der Waals surface area (Å²) in [6, 6.07) is 8.10. The molecule has 0 bridgehead atoms. The number of likely N-dealkylation sites (N-methyl/N-ethyl adjacent to an activating group) is 1. The van der Waals surface area contributed by atoms with Gasteiger partial charge in [-0.1, -0.05) is 31.7 Å². The second-order valence-corrected chi connectivity index (χ2v) is 3.83. The summed E-state index contributed by atoms with van der Waals surface area (Å²) in [4.78, 5) is 2.31. The molecule has 0 unspecified atom stereocenters. The molecule has 0 fully saturated rings. The zero-order chi connectivity index (χ0) is 9.97. The minimum absolute atomic E-state index is 0. The van der Waals surface area contributed by atoms with Crippen molar-refractivity contribution in [2.45, 2.75) is 13.8 Å². The Morgan fingerprint density at radius 1 is 1.33 bits per heavy atom. The van der Waals surface area contributed by atoms with E-state index in [0.717, 1.165) is 25.2 Å². The topological polar surface area (TPSA) is 29.3 Å². The molecule has 0 saturated carbocycles. The van der Waals surface area contributed by atoms with Crippen LogP contribution in [0.1, 0.15) is 20.8 Å². The second-order valence-electron chi connectivity index (χ2n) is 3.83. The predicted molar refractivity (Wildman–Crippen MR) is 69.8 cm³/mol. The van der Waals surface area contributed by atoms with E-state index in [4.69, 9.17) is 5.73 Å². The molecule has 0 amide bonds. The molecule has 0 atom stereocenters. The van der Waals surface area contributed by atoms with Crippen LogP contribution < -0.4 is 5.73 Å². The number of nitrogens with two attached hydrogens (primary N) is 1. The maximum Gasteiger partial charge on any atom is 0.0390 e. The highest BCUT2D eigenvalue weighted by molar-refractivity contribution is 5.75. The average molecular weight is 206 g/mol. The van der Waals surface area contributed by atoms with E-state index >= 15 is 0 Å². The lowest BCUT2D eigenvalue weighted by Crippen LogP contribution is -2.23. The molecule has 2 heteroatoms. The van der Waals surface area contributed by atoms with E-state index in [-0.39, 0.29) is 8.85 Å². The van der Waals surface area contributed by atoms with Crippen molar-refractivity contribution >= 4 is 11.3 Å². The lowest BCUT2D eigenvalue weighted by atomic mass is 9.98. The van der Waals surface area contributed by atoms with Crippen LogP contribution in [0.5, 0.6) is 0 Å². The minimum Gasteiger partial charge on any atom is -0.398 e. The first-order valence-electron chi connectivity index (χ1n) is 5.00. The minimum atomic E-state index is 0. The third-order valence-electron chi connectivity index (χ3n) is 2.72. The van der Waals surface area contributed by atoms with Crippen LogP contribution >= 0.6 is 0 Å². The first kappa shape index (κ1) is 11.8. The van der Waals surface area contributed by atoms with Crippen molar-refractivity contribution < 1.29 is 1.43 Å². The van der Waals surface area contributed by atoms with E-state index in [2.05, 4.69) is 24.1 Å². The number of nitrogen functional groups attached to an aromatic ring is 1. The number of rotatable bonds is 1. The number of benzene rings is 1. The van der Waals surface area contributed by atoms with Gasteiger partial charge in [0.05, 0.1) is 0 Å². The number of nitrogens with zero attached hydrogens (tertiary/aromatic N) is 1. The van der Waals surface area contributed by atoms with Gasteiger partial charge < -0.3 is 10.6 Å². The number of hydrogen-bond donors (Lipinski definition) is 1. The SMILES string of the molecule is C.CN1CC=C(c2ccccc2N)CC1.[HH]. The van der Waals surface area contributed by atoms with Crippen molar-refractivity contribution in [1.29, 1.82) is 0 Å². The van der Waals surface area contributed by atoms with Gasteiger partial charge in [0.2, 0.25) is 0 Å². The van der Waals surface area contributed by atoms with Crippen molar-refractivity contribution in [3.8, 4) is 0 Å². The highest BCUT2D eigenvalue weighted by atomic mass is 15.1. The fourth-order valence-electron chi connectivity index (χ4n) is 1.80. The van der Waals surface area contributed by atoms with Crippen molar-refractivity contribution in [2.24, 2.45) is 0 Å². The van der Waals surface area contributed by atoms with Gasteiger partial charge in [-0.25, -0.2) is 0 Å². The second kappa shape index (κ2) is 4.99. The Bertz CT molecular complexity index is 361. The summed E-state index contributed by atoms with van der Waals surface area (Å²) in [5.74, 6) is 0. The van der Waals surface area contributed by atoms with Gasteiger partial charge in [0, 0.05) is 25.8 Å². The summed E-state index contributed by atoms with van der Waals surface area (Å²) in [5, 5.41) is 0. The highest BCUT2D eigenvalue weighted by Crippen LogP contribution is 2.26. The third kappa shape index (κ3) is 2.60. The van der Waals surface area contributed by atoms with Gasteiger partial charge in [-0.15, -0.1) is 0 Å². The van der Waals surface area contributed by atoms with Crippen LogP contribution in [0.15, 0.2) is 30.3 Å². The van der Waals surface area contributed by atoms with Gasteiger partial charge in [0.15, 0.2) is 0 Å². The van der Waals surface area contributed by atoms with Gasteiger partial charge in [-0.3, -0.25) is 0 Å². The molecule has 1 aromatic rings. The molecule has 2 N–H and O–H groups in total. The lowest BCUT2D eigenvalue weighted by Gasteiger charge is -2.22. The van der Waals surface area contributed by atoms with Crippen molar-refractivity contribution in [1.82, 2.24) is 4.90 Å². The molecular weight excluding hydrogens is 184 g/mol. The largest absolute Gasteiger partial charge is 0.398 e.